The lowest BCUT2D eigenvalue weighted by atomic mass is 10.0. The normalized spacial score (nSPS) is 10.7. The van der Waals surface area contributed by atoms with Gasteiger partial charge in [0, 0.05) is 5.56 Å². The first kappa shape index (κ1) is 12.3. The molecule has 2 aromatic carbocycles. The molecule has 0 saturated carbocycles. The van der Waals surface area contributed by atoms with E-state index in [4.69, 9.17) is 5.73 Å². The minimum atomic E-state index is -3.11. The highest BCUT2D eigenvalue weighted by Gasteiger charge is 2.18. The number of hydrogen-bond acceptors (Lipinski definition) is 2. The summed E-state index contributed by atoms with van der Waals surface area (Å²) in [5, 5.41) is 0. The number of nitrogens with two attached hydrogens (primary N) is 1. The smallest absolute Gasteiger partial charge is 0.387 e. The van der Waals surface area contributed by atoms with Crippen LogP contribution < -0.4 is 10.5 Å². The van der Waals surface area contributed by atoms with E-state index in [1.165, 1.54) is 12.1 Å². The lowest BCUT2D eigenvalue weighted by Crippen LogP contribution is -2.06. The van der Waals surface area contributed by atoms with Crippen LogP contribution in [0.5, 0.6) is 5.75 Å². The molecule has 0 aromatic heterocycles. The van der Waals surface area contributed by atoms with Crippen molar-refractivity contribution in [2.24, 2.45) is 0 Å². The van der Waals surface area contributed by atoms with Gasteiger partial charge >= 0.3 is 6.61 Å². The molecular formula is C13H10F3NO. The third kappa shape index (κ3) is 2.40. The van der Waals surface area contributed by atoms with Crippen LogP contribution in [0.2, 0.25) is 0 Å². The van der Waals surface area contributed by atoms with Crippen LogP contribution in [0.25, 0.3) is 11.1 Å². The molecule has 2 rings (SSSR count). The lowest BCUT2D eigenvalue weighted by molar-refractivity contribution is -0.0516. The molecule has 0 fully saturated rings. The molecule has 0 radical (unpaired) electrons. The molecule has 0 atom stereocenters. The van der Waals surface area contributed by atoms with E-state index in [2.05, 4.69) is 4.74 Å². The quantitative estimate of drug-likeness (QED) is 0.847. The number of ether oxygens (including phenoxy) is 1. The van der Waals surface area contributed by atoms with Gasteiger partial charge in [-0.1, -0.05) is 30.3 Å². The van der Waals surface area contributed by atoms with Crippen LogP contribution >= 0.6 is 0 Å². The van der Waals surface area contributed by atoms with Gasteiger partial charge in [-0.25, -0.2) is 4.39 Å². The molecule has 18 heavy (non-hydrogen) atoms. The Morgan fingerprint density at radius 3 is 2.28 bits per heavy atom. The predicted octanol–water partition coefficient (Wildman–Crippen LogP) is 3.68. The second-order valence-corrected chi connectivity index (χ2v) is 3.59. The Labute approximate surface area is 102 Å². The molecule has 0 heterocycles. The Balaban J connectivity index is 2.57. The largest absolute Gasteiger partial charge is 0.431 e. The maximum Gasteiger partial charge on any atom is 0.387 e. The topological polar surface area (TPSA) is 35.2 Å². The Hall–Kier alpha value is -2.17. The summed E-state index contributed by atoms with van der Waals surface area (Å²) in [4.78, 5) is 0. The van der Waals surface area contributed by atoms with E-state index in [0.29, 0.717) is 5.56 Å². The average molecular weight is 253 g/mol. The average Bonchev–Trinajstić information content (AvgIpc) is 2.36. The summed E-state index contributed by atoms with van der Waals surface area (Å²) in [5.74, 6) is -1.51. The first-order valence-electron chi connectivity index (χ1n) is 5.18. The van der Waals surface area contributed by atoms with Crippen molar-refractivity contribution in [1.82, 2.24) is 0 Å². The minimum Gasteiger partial charge on any atom is -0.431 e. The van der Waals surface area contributed by atoms with E-state index in [-0.39, 0.29) is 11.3 Å². The van der Waals surface area contributed by atoms with Gasteiger partial charge in [-0.3, -0.25) is 0 Å². The van der Waals surface area contributed by atoms with Crippen LogP contribution in [0, 0.1) is 5.82 Å². The van der Waals surface area contributed by atoms with Crippen LogP contribution in [0.4, 0.5) is 18.9 Å². The predicted molar refractivity (Wildman–Crippen MR) is 62.9 cm³/mol. The molecule has 0 aliphatic carbocycles. The summed E-state index contributed by atoms with van der Waals surface area (Å²) < 4.78 is 42.5. The van der Waals surface area contributed by atoms with E-state index in [1.807, 2.05) is 0 Å². The summed E-state index contributed by atoms with van der Waals surface area (Å²) >= 11 is 0. The second-order valence-electron chi connectivity index (χ2n) is 3.59. The molecule has 2 nitrogen and oxygen atoms in total. The molecule has 0 aliphatic rings. The second kappa shape index (κ2) is 5.00. The van der Waals surface area contributed by atoms with E-state index in [0.717, 1.165) is 0 Å². The van der Waals surface area contributed by atoms with Gasteiger partial charge in [0.2, 0.25) is 0 Å². The van der Waals surface area contributed by atoms with Gasteiger partial charge in [0.05, 0.1) is 5.69 Å². The fourth-order valence-corrected chi connectivity index (χ4v) is 1.62. The van der Waals surface area contributed by atoms with Crippen molar-refractivity contribution in [1.29, 1.82) is 0 Å². The fourth-order valence-electron chi connectivity index (χ4n) is 1.62. The highest BCUT2D eigenvalue weighted by molar-refractivity contribution is 5.73. The van der Waals surface area contributed by atoms with Gasteiger partial charge in [-0.05, 0) is 17.7 Å². The van der Waals surface area contributed by atoms with Gasteiger partial charge in [-0.15, -0.1) is 0 Å². The number of hydrogen-bond donors (Lipinski definition) is 1. The summed E-state index contributed by atoms with van der Waals surface area (Å²) in [7, 11) is 0. The maximum atomic E-state index is 13.7. The zero-order valence-corrected chi connectivity index (χ0v) is 9.24. The van der Waals surface area contributed by atoms with Gasteiger partial charge in [0.15, 0.2) is 11.6 Å². The van der Waals surface area contributed by atoms with Gasteiger partial charge in [0.25, 0.3) is 0 Å². The number of anilines is 1. The Kier molecular flexibility index (Phi) is 3.41. The first-order chi connectivity index (χ1) is 8.59. The van der Waals surface area contributed by atoms with E-state index in [1.54, 1.807) is 30.3 Å². The van der Waals surface area contributed by atoms with Crippen molar-refractivity contribution < 1.29 is 17.9 Å². The first-order valence-corrected chi connectivity index (χ1v) is 5.18. The van der Waals surface area contributed by atoms with Crippen molar-refractivity contribution >= 4 is 5.69 Å². The molecule has 0 amide bonds. The molecule has 2 N–H and O–H groups in total. The number of halogens is 3. The van der Waals surface area contributed by atoms with Crippen LogP contribution in [0.3, 0.4) is 0 Å². The van der Waals surface area contributed by atoms with Crippen molar-refractivity contribution in [2.75, 3.05) is 5.73 Å². The van der Waals surface area contributed by atoms with Crippen molar-refractivity contribution in [3.05, 3.63) is 48.3 Å². The van der Waals surface area contributed by atoms with Crippen LogP contribution in [-0.2, 0) is 0 Å². The molecule has 5 heteroatoms. The number of alkyl halides is 2. The standard InChI is InChI=1S/C13H10F3NO/c14-11-10(17)7-6-9(12(11)18-13(15)16)8-4-2-1-3-5-8/h1-7,13H,17H2. The summed E-state index contributed by atoms with van der Waals surface area (Å²) in [5.41, 5.74) is 5.93. The maximum absolute atomic E-state index is 13.7. The zero-order valence-electron chi connectivity index (χ0n) is 9.24. The molecule has 94 valence electrons. The van der Waals surface area contributed by atoms with E-state index in [9.17, 15) is 13.2 Å². The molecule has 0 spiro atoms. The molecule has 0 bridgehead atoms. The zero-order chi connectivity index (χ0) is 13.1. The fraction of sp³-hybridized carbons (Fsp3) is 0.0769. The minimum absolute atomic E-state index is 0.231. The van der Waals surface area contributed by atoms with Crippen molar-refractivity contribution in [2.45, 2.75) is 6.61 Å². The van der Waals surface area contributed by atoms with Gasteiger partial charge < -0.3 is 10.5 Å². The number of benzene rings is 2. The summed E-state index contributed by atoms with van der Waals surface area (Å²) in [6, 6.07) is 11.3. The molecule has 0 unspecified atom stereocenters. The van der Waals surface area contributed by atoms with Crippen LogP contribution in [-0.4, -0.2) is 6.61 Å². The monoisotopic (exact) mass is 253 g/mol. The molecule has 0 aliphatic heterocycles. The van der Waals surface area contributed by atoms with Gasteiger partial charge in [-0.2, -0.15) is 8.78 Å². The van der Waals surface area contributed by atoms with Crippen LogP contribution in [0.15, 0.2) is 42.5 Å². The highest BCUT2D eigenvalue weighted by atomic mass is 19.3. The molecule has 2 aromatic rings. The Morgan fingerprint density at radius 1 is 1.00 bits per heavy atom. The highest BCUT2D eigenvalue weighted by Crippen LogP contribution is 2.36. The molecular weight excluding hydrogens is 243 g/mol. The van der Waals surface area contributed by atoms with E-state index >= 15 is 0 Å². The number of nitrogen functional groups attached to an aromatic ring is 1. The van der Waals surface area contributed by atoms with Crippen molar-refractivity contribution in [3.8, 4) is 16.9 Å². The van der Waals surface area contributed by atoms with E-state index < -0.39 is 18.2 Å². The van der Waals surface area contributed by atoms with Gasteiger partial charge in [0.1, 0.15) is 0 Å². The summed E-state index contributed by atoms with van der Waals surface area (Å²) in [6.45, 7) is -3.11. The van der Waals surface area contributed by atoms with Crippen molar-refractivity contribution in [3.63, 3.8) is 0 Å². The SMILES string of the molecule is Nc1ccc(-c2ccccc2)c(OC(F)F)c1F. The summed E-state index contributed by atoms with van der Waals surface area (Å²) in [6.07, 6.45) is 0. The Morgan fingerprint density at radius 2 is 1.67 bits per heavy atom. The molecule has 0 saturated heterocycles. The number of rotatable bonds is 3. The van der Waals surface area contributed by atoms with Crippen LogP contribution in [0.1, 0.15) is 0 Å². The third-order valence-electron chi connectivity index (χ3n) is 2.42. The third-order valence-corrected chi connectivity index (χ3v) is 2.42. The Bertz CT molecular complexity index is 543. The lowest BCUT2D eigenvalue weighted by Gasteiger charge is -2.13.